The van der Waals surface area contributed by atoms with Crippen molar-refractivity contribution in [3.8, 4) is 5.75 Å². The Morgan fingerprint density at radius 1 is 1.10 bits per heavy atom. The van der Waals surface area contributed by atoms with Gasteiger partial charge in [0.2, 0.25) is 5.78 Å². The molecule has 21 heavy (non-hydrogen) atoms. The molecular formula is C16H10F2O3. The highest BCUT2D eigenvalue weighted by Crippen LogP contribution is 2.24. The molecule has 0 N–H and O–H groups in total. The Bertz CT molecular complexity index is 837. The fourth-order valence-corrected chi connectivity index (χ4v) is 2.07. The van der Waals surface area contributed by atoms with Crippen molar-refractivity contribution in [1.29, 1.82) is 0 Å². The van der Waals surface area contributed by atoms with Gasteiger partial charge in [-0.05, 0) is 36.4 Å². The minimum atomic E-state index is -0.703. The van der Waals surface area contributed by atoms with E-state index in [4.69, 9.17) is 9.15 Å². The first-order chi connectivity index (χ1) is 10.1. The van der Waals surface area contributed by atoms with Crippen LogP contribution in [0.3, 0.4) is 0 Å². The molecule has 1 aromatic heterocycles. The summed E-state index contributed by atoms with van der Waals surface area (Å²) in [5, 5.41) is 0.451. The van der Waals surface area contributed by atoms with Crippen molar-refractivity contribution in [3.05, 3.63) is 65.4 Å². The van der Waals surface area contributed by atoms with E-state index in [1.54, 1.807) is 0 Å². The lowest BCUT2D eigenvalue weighted by Gasteiger charge is -2.03. The lowest BCUT2D eigenvalue weighted by molar-refractivity contribution is 0.101. The van der Waals surface area contributed by atoms with Crippen LogP contribution in [0.25, 0.3) is 11.0 Å². The molecule has 0 aliphatic heterocycles. The molecule has 0 atom stereocenters. The number of fused-ring (bicyclic) bond motifs is 1. The summed E-state index contributed by atoms with van der Waals surface area (Å²) < 4.78 is 37.2. The summed E-state index contributed by atoms with van der Waals surface area (Å²) in [5.41, 5.74) is 0.240. The van der Waals surface area contributed by atoms with Crippen LogP contribution in [0.1, 0.15) is 16.1 Å². The van der Waals surface area contributed by atoms with Crippen molar-refractivity contribution in [1.82, 2.24) is 0 Å². The van der Waals surface area contributed by atoms with E-state index in [9.17, 15) is 13.6 Å². The Balaban J connectivity index is 2.03. The van der Waals surface area contributed by atoms with Gasteiger partial charge in [0.25, 0.3) is 0 Å². The van der Waals surface area contributed by atoms with Crippen molar-refractivity contribution in [2.75, 3.05) is 7.11 Å². The number of methoxy groups -OCH3 is 1. The predicted octanol–water partition coefficient (Wildman–Crippen LogP) is 3.95. The fraction of sp³-hybridized carbons (Fsp3) is 0.0625. The average Bonchev–Trinajstić information content (AvgIpc) is 2.89. The molecule has 0 unspecified atom stereocenters. The van der Waals surface area contributed by atoms with Gasteiger partial charge in [-0.1, -0.05) is 0 Å². The minimum absolute atomic E-state index is 0.0420. The van der Waals surface area contributed by atoms with Crippen LogP contribution < -0.4 is 4.74 Å². The van der Waals surface area contributed by atoms with Crippen LogP contribution in [0.4, 0.5) is 8.78 Å². The largest absolute Gasteiger partial charge is 0.497 e. The van der Waals surface area contributed by atoms with Crippen LogP contribution in [0.5, 0.6) is 5.75 Å². The van der Waals surface area contributed by atoms with Crippen LogP contribution in [-0.2, 0) is 0 Å². The van der Waals surface area contributed by atoms with Crippen LogP contribution in [-0.4, -0.2) is 12.9 Å². The standard InChI is InChI=1S/C16H10F2O3/c1-20-11-3-4-12(13(18)8-11)16(19)15-7-9-6-10(17)2-5-14(9)21-15/h2-8H,1H3. The van der Waals surface area contributed by atoms with Crippen molar-refractivity contribution >= 4 is 16.8 Å². The van der Waals surface area contributed by atoms with Crippen LogP contribution >= 0.6 is 0 Å². The summed E-state index contributed by atoms with van der Waals surface area (Å²) in [5.74, 6) is -1.47. The van der Waals surface area contributed by atoms with E-state index >= 15 is 0 Å². The molecule has 5 heteroatoms. The van der Waals surface area contributed by atoms with E-state index in [1.165, 1.54) is 43.5 Å². The van der Waals surface area contributed by atoms with Crippen molar-refractivity contribution in [3.63, 3.8) is 0 Å². The summed E-state index contributed by atoms with van der Waals surface area (Å²) in [4.78, 5) is 12.3. The second kappa shape index (κ2) is 5.01. The zero-order valence-electron chi connectivity index (χ0n) is 11.0. The zero-order valence-corrected chi connectivity index (χ0v) is 11.0. The average molecular weight is 288 g/mol. The molecule has 0 aliphatic rings. The highest BCUT2D eigenvalue weighted by molar-refractivity contribution is 6.09. The molecule has 3 nitrogen and oxygen atoms in total. The Hall–Kier alpha value is -2.69. The van der Waals surface area contributed by atoms with Gasteiger partial charge in [-0.3, -0.25) is 4.79 Å². The third-order valence-corrected chi connectivity index (χ3v) is 3.12. The first kappa shape index (κ1) is 13.3. The fourth-order valence-electron chi connectivity index (χ4n) is 2.07. The number of hydrogen-bond acceptors (Lipinski definition) is 3. The third kappa shape index (κ3) is 2.38. The molecule has 0 bridgehead atoms. The first-order valence-electron chi connectivity index (χ1n) is 6.16. The SMILES string of the molecule is COc1ccc(C(=O)c2cc3cc(F)ccc3o2)c(F)c1. The topological polar surface area (TPSA) is 39.4 Å². The molecule has 3 rings (SSSR count). The van der Waals surface area contributed by atoms with E-state index in [-0.39, 0.29) is 11.3 Å². The monoisotopic (exact) mass is 288 g/mol. The van der Waals surface area contributed by atoms with Gasteiger partial charge < -0.3 is 9.15 Å². The molecule has 3 aromatic rings. The number of carbonyl (C=O) groups is 1. The molecule has 0 amide bonds. The Labute approximate surface area is 118 Å². The van der Waals surface area contributed by atoms with Gasteiger partial charge in [0.15, 0.2) is 5.76 Å². The summed E-state index contributed by atoms with van der Waals surface area (Å²) in [6, 6.07) is 9.22. The lowest BCUT2D eigenvalue weighted by Crippen LogP contribution is -2.03. The van der Waals surface area contributed by atoms with E-state index in [1.807, 2.05) is 0 Å². The van der Waals surface area contributed by atoms with Crippen LogP contribution in [0.2, 0.25) is 0 Å². The van der Waals surface area contributed by atoms with Crippen molar-refractivity contribution in [2.24, 2.45) is 0 Å². The molecule has 0 radical (unpaired) electrons. The number of ether oxygens (including phenoxy) is 1. The Morgan fingerprint density at radius 3 is 2.62 bits per heavy atom. The summed E-state index contributed by atoms with van der Waals surface area (Å²) >= 11 is 0. The molecule has 1 heterocycles. The molecular weight excluding hydrogens is 278 g/mol. The summed E-state index contributed by atoms with van der Waals surface area (Å²) in [6.07, 6.45) is 0. The maximum absolute atomic E-state index is 13.9. The quantitative estimate of drug-likeness (QED) is 0.685. The van der Waals surface area contributed by atoms with Crippen molar-refractivity contribution < 1.29 is 22.7 Å². The van der Waals surface area contributed by atoms with Gasteiger partial charge >= 0.3 is 0 Å². The van der Waals surface area contributed by atoms with Gasteiger partial charge in [0, 0.05) is 11.5 Å². The molecule has 0 spiro atoms. The normalized spacial score (nSPS) is 10.8. The number of benzene rings is 2. The van der Waals surface area contributed by atoms with Gasteiger partial charge in [-0.25, -0.2) is 8.78 Å². The molecule has 0 saturated carbocycles. The zero-order chi connectivity index (χ0) is 15.0. The molecule has 0 saturated heterocycles. The minimum Gasteiger partial charge on any atom is -0.497 e. The number of carbonyl (C=O) groups excluding carboxylic acids is 1. The Morgan fingerprint density at radius 2 is 1.90 bits per heavy atom. The van der Waals surface area contributed by atoms with Gasteiger partial charge in [-0.15, -0.1) is 0 Å². The molecule has 0 aliphatic carbocycles. The number of halogens is 2. The summed E-state index contributed by atoms with van der Waals surface area (Å²) in [7, 11) is 1.41. The second-order valence-corrected chi connectivity index (χ2v) is 4.47. The molecule has 2 aromatic carbocycles. The maximum Gasteiger partial charge on any atom is 0.231 e. The van der Waals surface area contributed by atoms with Gasteiger partial charge in [0.1, 0.15) is 23.0 Å². The number of hydrogen-bond donors (Lipinski definition) is 0. The van der Waals surface area contributed by atoms with Crippen LogP contribution in [0.15, 0.2) is 46.9 Å². The number of rotatable bonds is 3. The third-order valence-electron chi connectivity index (χ3n) is 3.12. The first-order valence-corrected chi connectivity index (χ1v) is 6.16. The summed E-state index contributed by atoms with van der Waals surface area (Å²) in [6.45, 7) is 0. The smallest absolute Gasteiger partial charge is 0.231 e. The van der Waals surface area contributed by atoms with Crippen molar-refractivity contribution in [2.45, 2.75) is 0 Å². The van der Waals surface area contributed by atoms with E-state index in [2.05, 4.69) is 0 Å². The second-order valence-electron chi connectivity index (χ2n) is 4.47. The van der Waals surface area contributed by atoms with Gasteiger partial charge in [0.05, 0.1) is 12.7 Å². The number of ketones is 1. The highest BCUT2D eigenvalue weighted by atomic mass is 19.1. The molecule has 106 valence electrons. The van der Waals surface area contributed by atoms with E-state index in [0.29, 0.717) is 16.7 Å². The highest BCUT2D eigenvalue weighted by Gasteiger charge is 2.19. The van der Waals surface area contributed by atoms with Crippen LogP contribution in [0, 0.1) is 11.6 Å². The molecule has 0 fully saturated rings. The lowest BCUT2D eigenvalue weighted by atomic mass is 10.1. The number of furan rings is 1. The van der Waals surface area contributed by atoms with Gasteiger partial charge in [-0.2, -0.15) is 0 Å². The van der Waals surface area contributed by atoms with E-state index in [0.717, 1.165) is 6.07 Å². The Kier molecular flexibility index (Phi) is 3.17. The predicted molar refractivity (Wildman–Crippen MR) is 72.6 cm³/mol. The maximum atomic E-state index is 13.9. The van der Waals surface area contributed by atoms with E-state index < -0.39 is 17.4 Å².